The topological polar surface area (TPSA) is 68.2 Å². The molecule has 0 heterocycles. The number of nitrogens with zero attached hydrogens (tertiary/aromatic N) is 2. The van der Waals surface area contributed by atoms with Crippen LogP contribution in [0.1, 0.15) is 19.4 Å². The highest BCUT2D eigenvalue weighted by molar-refractivity contribution is 6.06. The van der Waals surface area contributed by atoms with Crippen LogP contribution < -0.4 is 10.6 Å². The maximum atomic E-state index is 12.1. The Kier molecular flexibility index (Phi) is 7.73. The van der Waals surface area contributed by atoms with Crippen LogP contribution in [0.15, 0.2) is 36.0 Å². The van der Waals surface area contributed by atoms with E-state index >= 15 is 0 Å². The third-order valence-electron chi connectivity index (χ3n) is 3.47. The van der Waals surface area contributed by atoms with Crippen molar-refractivity contribution in [3.63, 3.8) is 0 Å². The van der Waals surface area contributed by atoms with Crippen molar-refractivity contribution in [2.24, 2.45) is 0 Å². The van der Waals surface area contributed by atoms with Crippen molar-refractivity contribution in [2.75, 3.05) is 31.5 Å². The van der Waals surface area contributed by atoms with E-state index in [0.717, 1.165) is 30.9 Å². The summed E-state index contributed by atoms with van der Waals surface area (Å²) >= 11 is 0. The van der Waals surface area contributed by atoms with E-state index in [0.29, 0.717) is 6.54 Å². The summed E-state index contributed by atoms with van der Waals surface area (Å²) in [5.74, 6) is -0.396. The molecule has 0 atom stereocenters. The Hall–Kier alpha value is -2.32. The second-order valence-corrected chi connectivity index (χ2v) is 4.92. The van der Waals surface area contributed by atoms with E-state index in [-0.39, 0.29) is 5.57 Å². The predicted molar refractivity (Wildman–Crippen MR) is 89.3 cm³/mol. The van der Waals surface area contributed by atoms with E-state index in [1.165, 1.54) is 6.20 Å². The smallest absolute Gasteiger partial charge is 0.267 e. The second-order valence-electron chi connectivity index (χ2n) is 4.92. The molecule has 0 unspecified atom stereocenters. The summed E-state index contributed by atoms with van der Waals surface area (Å²) in [4.78, 5) is 14.3. The van der Waals surface area contributed by atoms with Gasteiger partial charge in [0.05, 0.1) is 0 Å². The van der Waals surface area contributed by atoms with Crippen LogP contribution in [0.3, 0.4) is 0 Å². The molecule has 1 amide bonds. The number of rotatable bonds is 8. The molecule has 0 saturated heterocycles. The molecule has 2 N–H and O–H groups in total. The first-order valence-electron chi connectivity index (χ1n) is 7.55. The van der Waals surface area contributed by atoms with Crippen LogP contribution in [0.2, 0.25) is 0 Å². The Bertz CT molecular complexity index is 556. The van der Waals surface area contributed by atoms with Crippen LogP contribution in [0.5, 0.6) is 0 Å². The number of nitriles is 1. The number of amides is 1. The molecule has 0 aromatic heterocycles. The van der Waals surface area contributed by atoms with Gasteiger partial charge in [-0.15, -0.1) is 0 Å². The average Bonchev–Trinajstić information content (AvgIpc) is 2.53. The standard InChI is InChI=1S/C17H24N4O/c1-4-21(5-2)11-10-19-13-15(12-18)17(22)20-16-9-7-6-8-14(16)3/h6-9,13,19H,4-5,10-11H2,1-3H3,(H,20,22)/b15-13-. The molecule has 1 aromatic carbocycles. The van der Waals surface area contributed by atoms with E-state index in [1.807, 2.05) is 37.3 Å². The lowest BCUT2D eigenvalue weighted by molar-refractivity contribution is -0.112. The Morgan fingerprint density at radius 3 is 2.59 bits per heavy atom. The predicted octanol–water partition coefficient (Wildman–Crippen LogP) is 2.27. The maximum Gasteiger partial charge on any atom is 0.267 e. The van der Waals surface area contributed by atoms with Gasteiger partial charge in [-0.05, 0) is 31.6 Å². The third-order valence-corrected chi connectivity index (χ3v) is 3.47. The van der Waals surface area contributed by atoms with E-state index in [1.54, 1.807) is 0 Å². The average molecular weight is 300 g/mol. The molecule has 0 saturated carbocycles. The lowest BCUT2D eigenvalue weighted by Gasteiger charge is -2.17. The van der Waals surface area contributed by atoms with Crippen molar-refractivity contribution in [3.05, 3.63) is 41.6 Å². The fourth-order valence-corrected chi connectivity index (χ4v) is 1.99. The summed E-state index contributed by atoms with van der Waals surface area (Å²) in [6, 6.07) is 9.41. The van der Waals surface area contributed by atoms with Gasteiger partial charge in [-0.1, -0.05) is 32.0 Å². The first-order valence-corrected chi connectivity index (χ1v) is 7.55. The number of likely N-dealkylation sites (N-methyl/N-ethyl adjacent to an activating group) is 1. The van der Waals surface area contributed by atoms with Crippen LogP contribution in [-0.4, -0.2) is 37.0 Å². The monoisotopic (exact) mass is 300 g/mol. The number of nitrogens with one attached hydrogen (secondary N) is 2. The van der Waals surface area contributed by atoms with E-state index < -0.39 is 5.91 Å². The largest absolute Gasteiger partial charge is 0.388 e. The number of para-hydroxylation sites is 1. The highest BCUT2D eigenvalue weighted by Crippen LogP contribution is 2.13. The molecule has 1 rings (SSSR count). The van der Waals surface area contributed by atoms with Gasteiger partial charge in [-0.3, -0.25) is 4.79 Å². The van der Waals surface area contributed by atoms with Crippen molar-refractivity contribution in [3.8, 4) is 6.07 Å². The van der Waals surface area contributed by atoms with Crippen LogP contribution in [0.4, 0.5) is 5.69 Å². The normalized spacial score (nSPS) is 11.1. The Balaban J connectivity index is 2.56. The van der Waals surface area contributed by atoms with Crippen molar-refractivity contribution in [1.29, 1.82) is 5.26 Å². The van der Waals surface area contributed by atoms with Gasteiger partial charge >= 0.3 is 0 Å². The third kappa shape index (κ3) is 5.58. The molecule has 0 aliphatic heterocycles. The molecule has 22 heavy (non-hydrogen) atoms. The molecule has 118 valence electrons. The zero-order valence-corrected chi connectivity index (χ0v) is 13.5. The summed E-state index contributed by atoms with van der Waals surface area (Å²) in [6.45, 7) is 9.67. The highest BCUT2D eigenvalue weighted by Gasteiger charge is 2.10. The second kappa shape index (κ2) is 9.59. The number of hydrogen-bond acceptors (Lipinski definition) is 4. The number of carbonyl (C=O) groups is 1. The minimum atomic E-state index is -0.396. The number of aryl methyl sites for hydroxylation is 1. The molecule has 0 bridgehead atoms. The first kappa shape index (κ1) is 17.7. The van der Waals surface area contributed by atoms with Crippen LogP contribution in [-0.2, 0) is 4.79 Å². The Labute approximate surface area is 132 Å². The van der Waals surface area contributed by atoms with Crippen LogP contribution in [0, 0.1) is 18.3 Å². The quantitative estimate of drug-likeness (QED) is 0.439. The number of benzene rings is 1. The maximum absolute atomic E-state index is 12.1. The molecular weight excluding hydrogens is 276 g/mol. The first-order chi connectivity index (χ1) is 10.6. The molecule has 5 nitrogen and oxygen atoms in total. The molecule has 0 fully saturated rings. The summed E-state index contributed by atoms with van der Waals surface area (Å²) in [6.07, 6.45) is 1.48. The minimum Gasteiger partial charge on any atom is -0.388 e. The van der Waals surface area contributed by atoms with Gasteiger partial charge in [0.25, 0.3) is 5.91 Å². The number of hydrogen-bond donors (Lipinski definition) is 2. The van der Waals surface area contributed by atoms with Gasteiger partial charge in [0.2, 0.25) is 0 Å². The minimum absolute atomic E-state index is 0.0720. The van der Waals surface area contributed by atoms with Crippen LogP contribution >= 0.6 is 0 Å². The van der Waals surface area contributed by atoms with Gasteiger partial charge in [-0.2, -0.15) is 5.26 Å². The highest BCUT2D eigenvalue weighted by atomic mass is 16.1. The van der Waals surface area contributed by atoms with E-state index in [9.17, 15) is 4.79 Å². The molecule has 1 aromatic rings. The van der Waals surface area contributed by atoms with Crippen molar-refractivity contribution < 1.29 is 4.79 Å². The molecule has 0 radical (unpaired) electrons. The zero-order valence-electron chi connectivity index (χ0n) is 13.5. The number of carbonyl (C=O) groups excluding carboxylic acids is 1. The fourth-order valence-electron chi connectivity index (χ4n) is 1.99. The Morgan fingerprint density at radius 2 is 2.00 bits per heavy atom. The van der Waals surface area contributed by atoms with Gasteiger partial charge in [0, 0.05) is 25.0 Å². The van der Waals surface area contributed by atoms with Gasteiger partial charge < -0.3 is 15.5 Å². The van der Waals surface area contributed by atoms with Gasteiger partial charge in [0.1, 0.15) is 11.6 Å². The lowest BCUT2D eigenvalue weighted by Crippen LogP contribution is -2.30. The molecular formula is C17H24N4O. The zero-order chi connectivity index (χ0) is 16.4. The Morgan fingerprint density at radius 1 is 1.32 bits per heavy atom. The van der Waals surface area contributed by atoms with Gasteiger partial charge in [0.15, 0.2) is 0 Å². The van der Waals surface area contributed by atoms with E-state index in [4.69, 9.17) is 5.26 Å². The summed E-state index contributed by atoms with van der Waals surface area (Å²) in [5.41, 5.74) is 1.75. The SMILES string of the molecule is CCN(CC)CCN/C=C(/C#N)C(=O)Nc1ccccc1C. The van der Waals surface area contributed by atoms with Crippen molar-refractivity contribution in [1.82, 2.24) is 10.2 Å². The molecule has 0 aliphatic carbocycles. The molecule has 0 aliphatic rings. The van der Waals surface area contributed by atoms with Crippen molar-refractivity contribution >= 4 is 11.6 Å². The molecule has 5 heteroatoms. The van der Waals surface area contributed by atoms with Crippen molar-refractivity contribution in [2.45, 2.75) is 20.8 Å². The summed E-state index contributed by atoms with van der Waals surface area (Å²) in [7, 11) is 0. The summed E-state index contributed by atoms with van der Waals surface area (Å²) in [5, 5.41) is 14.9. The van der Waals surface area contributed by atoms with E-state index in [2.05, 4.69) is 29.4 Å². The lowest BCUT2D eigenvalue weighted by atomic mass is 10.2. The summed E-state index contributed by atoms with van der Waals surface area (Å²) < 4.78 is 0. The van der Waals surface area contributed by atoms with Gasteiger partial charge in [-0.25, -0.2) is 0 Å². The number of anilines is 1. The van der Waals surface area contributed by atoms with Crippen LogP contribution in [0.25, 0.3) is 0 Å². The fraction of sp³-hybridized carbons (Fsp3) is 0.412. The molecule has 0 spiro atoms.